The number of ether oxygens (including phenoxy) is 1. The van der Waals surface area contributed by atoms with Gasteiger partial charge in [-0.05, 0) is 35.4 Å². The van der Waals surface area contributed by atoms with Crippen LogP contribution in [-0.2, 0) is 10.4 Å². The Kier molecular flexibility index (Phi) is 6.73. The van der Waals surface area contributed by atoms with Gasteiger partial charge in [0, 0.05) is 41.7 Å². The molecule has 172 valence electrons. The van der Waals surface area contributed by atoms with Crippen molar-refractivity contribution in [1.82, 2.24) is 4.90 Å². The molecule has 1 aliphatic heterocycles. The summed E-state index contributed by atoms with van der Waals surface area (Å²) in [5, 5.41) is 12.3. The van der Waals surface area contributed by atoms with Crippen LogP contribution in [0.15, 0.2) is 60.7 Å². The van der Waals surface area contributed by atoms with Crippen molar-refractivity contribution >= 4 is 29.2 Å². The molecule has 0 saturated carbocycles. The van der Waals surface area contributed by atoms with E-state index in [0.717, 1.165) is 23.3 Å². The van der Waals surface area contributed by atoms with Gasteiger partial charge in [0.25, 0.3) is 0 Å². The molecule has 0 aromatic heterocycles. The molecule has 0 amide bonds. The number of aliphatic hydroxyl groups is 1. The van der Waals surface area contributed by atoms with Gasteiger partial charge in [-0.2, -0.15) is 0 Å². The lowest BCUT2D eigenvalue weighted by molar-refractivity contribution is -0.134. The number of likely N-dealkylation sites (tertiary alicyclic amines) is 1. The van der Waals surface area contributed by atoms with Crippen molar-refractivity contribution in [2.24, 2.45) is 0 Å². The second-order valence-electron chi connectivity index (χ2n) is 8.03. The highest BCUT2D eigenvalue weighted by Crippen LogP contribution is 2.43. The number of benzene rings is 3. The fraction of sp³-hybridized carbons (Fsp3) is 0.240. The summed E-state index contributed by atoms with van der Waals surface area (Å²) in [6.45, 7) is 1.56. The summed E-state index contributed by atoms with van der Waals surface area (Å²) < 4.78 is 34.5. The number of carbonyl (C=O) groups excluding carboxylic acids is 1. The third-order valence-electron chi connectivity index (χ3n) is 5.67. The second-order valence-corrected chi connectivity index (χ2v) is 8.90. The van der Waals surface area contributed by atoms with Crippen molar-refractivity contribution in [3.8, 4) is 5.75 Å². The monoisotopic (exact) mass is 491 g/mol. The molecule has 0 bridgehead atoms. The maximum atomic E-state index is 14.8. The average Bonchev–Trinajstić information content (AvgIpc) is 2.74. The van der Waals surface area contributed by atoms with Crippen molar-refractivity contribution in [3.05, 3.63) is 99.0 Å². The molecule has 0 aliphatic carbocycles. The van der Waals surface area contributed by atoms with Gasteiger partial charge in [-0.3, -0.25) is 9.69 Å². The van der Waals surface area contributed by atoms with E-state index in [1.165, 1.54) is 0 Å². The Morgan fingerprint density at radius 2 is 1.45 bits per heavy atom. The summed E-state index contributed by atoms with van der Waals surface area (Å²) in [5.41, 5.74) is -0.363. The first-order chi connectivity index (χ1) is 15.7. The third-order valence-corrected chi connectivity index (χ3v) is 6.17. The van der Waals surface area contributed by atoms with Gasteiger partial charge in [0.2, 0.25) is 0 Å². The normalized spacial score (nSPS) is 15.4. The van der Waals surface area contributed by atoms with Crippen molar-refractivity contribution in [2.45, 2.75) is 25.0 Å². The fourth-order valence-electron chi connectivity index (χ4n) is 4.13. The maximum absolute atomic E-state index is 14.8. The Morgan fingerprint density at radius 1 is 1.00 bits per heavy atom. The predicted molar refractivity (Wildman–Crippen MR) is 123 cm³/mol. The minimum absolute atomic E-state index is 0.00907. The Hall–Kier alpha value is -2.51. The van der Waals surface area contributed by atoms with Gasteiger partial charge in [0.05, 0.1) is 11.6 Å². The molecule has 33 heavy (non-hydrogen) atoms. The first-order valence-electron chi connectivity index (χ1n) is 10.4. The maximum Gasteiger partial charge on any atom is 0.310 e. The number of carbonyl (C=O) groups is 1. The molecule has 0 spiro atoms. The number of hydrogen-bond acceptors (Lipinski definition) is 4. The summed E-state index contributed by atoms with van der Waals surface area (Å²) >= 11 is 12.1. The second kappa shape index (κ2) is 9.39. The quantitative estimate of drug-likeness (QED) is 0.345. The van der Waals surface area contributed by atoms with E-state index in [1.807, 2.05) is 29.2 Å². The van der Waals surface area contributed by atoms with E-state index in [2.05, 4.69) is 0 Å². The highest BCUT2D eigenvalue weighted by atomic mass is 35.5. The summed E-state index contributed by atoms with van der Waals surface area (Å²) in [7, 11) is 0. The summed E-state index contributed by atoms with van der Waals surface area (Å²) in [6, 6.07) is 16.1. The Labute approximate surface area is 200 Å². The number of esters is 1. The number of hydrogen-bond donors (Lipinski definition) is 1. The molecule has 0 radical (unpaired) electrons. The molecule has 1 heterocycles. The molecule has 0 unspecified atom stereocenters. The molecule has 1 saturated heterocycles. The van der Waals surface area contributed by atoms with Crippen LogP contribution in [0.5, 0.6) is 5.75 Å². The lowest BCUT2D eigenvalue weighted by Gasteiger charge is -2.50. The Balaban J connectivity index is 1.62. The molecule has 4 nitrogen and oxygen atoms in total. The lowest BCUT2D eigenvalue weighted by Crippen LogP contribution is -2.61. The molecule has 8 heteroatoms. The fourth-order valence-corrected chi connectivity index (χ4v) is 4.38. The third kappa shape index (κ3) is 4.89. The van der Waals surface area contributed by atoms with E-state index < -0.39 is 28.8 Å². The van der Waals surface area contributed by atoms with E-state index in [-0.39, 0.29) is 31.3 Å². The standard InChI is InChI=1S/C25H21Cl2F2NO3/c1-2-22(31)33-19-11-20(28)23(21(29)12-19)25(32)13-30(14-25)24(15-3-7-17(26)8-4-15)16-5-9-18(27)10-6-16/h3-12,24,32H,2,13-14H2,1H3. The van der Waals surface area contributed by atoms with E-state index in [4.69, 9.17) is 27.9 Å². The summed E-state index contributed by atoms with van der Waals surface area (Å²) in [4.78, 5) is 13.4. The molecular formula is C25H21Cl2F2NO3. The molecule has 1 aliphatic rings. The van der Waals surface area contributed by atoms with Crippen molar-refractivity contribution in [1.29, 1.82) is 0 Å². The minimum atomic E-state index is -1.74. The highest BCUT2D eigenvalue weighted by Gasteiger charge is 2.49. The van der Waals surface area contributed by atoms with Gasteiger partial charge < -0.3 is 9.84 Å². The van der Waals surface area contributed by atoms with Crippen LogP contribution < -0.4 is 4.74 Å². The van der Waals surface area contributed by atoms with Gasteiger partial charge in [0.1, 0.15) is 23.0 Å². The molecule has 0 atom stereocenters. The highest BCUT2D eigenvalue weighted by molar-refractivity contribution is 6.30. The van der Waals surface area contributed by atoms with Crippen LogP contribution >= 0.6 is 23.2 Å². The SMILES string of the molecule is CCC(=O)Oc1cc(F)c(C2(O)CN(C(c3ccc(Cl)cc3)c3ccc(Cl)cc3)C2)c(F)c1. The topological polar surface area (TPSA) is 49.8 Å². The van der Waals surface area contributed by atoms with Crippen molar-refractivity contribution in [2.75, 3.05) is 13.1 Å². The van der Waals surface area contributed by atoms with Gasteiger partial charge in [-0.25, -0.2) is 8.78 Å². The Bertz CT molecular complexity index is 1090. The van der Waals surface area contributed by atoms with E-state index in [9.17, 15) is 18.7 Å². The largest absolute Gasteiger partial charge is 0.426 e. The van der Waals surface area contributed by atoms with Crippen LogP contribution in [0.2, 0.25) is 10.0 Å². The smallest absolute Gasteiger partial charge is 0.310 e. The minimum Gasteiger partial charge on any atom is -0.426 e. The van der Waals surface area contributed by atoms with E-state index >= 15 is 0 Å². The molecule has 4 rings (SSSR count). The van der Waals surface area contributed by atoms with Crippen LogP contribution in [0, 0.1) is 11.6 Å². The van der Waals surface area contributed by atoms with Crippen molar-refractivity contribution < 1.29 is 23.4 Å². The lowest BCUT2D eigenvalue weighted by atomic mass is 9.82. The number of β-amino-alcohol motifs (C(OH)–C–C–N with tert-alkyl or cyclic N) is 1. The molecular weight excluding hydrogens is 471 g/mol. The Morgan fingerprint density at radius 3 is 1.88 bits per heavy atom. The molecule has 1 fully saturated rings. The van der Waals surface area contributed by atoms with Crippen LogP contribution in [0.1, 0.15) is 36.1 Å². The molecule has 1 N–H and O–H groups in total. The van der Waals surface area contributed by atoms with Crippen LogP contribution in [0.25, 0.3) is 0 Å². The molecule has 3 aromatic rings. The zero-order valence-electron chi connectivity index (χ0n) is 17.7. The van der Waals surface area contributed by atoms with Crippen LogP contribution in [-0.4, -0.2) is 29.1 Å². The predicted octanol–water partition coefficient (Wildman–Crippen LogP) is 5.88. The number of halogens is 4. The van der Waals surface area contributed by atoms with Gasteiger partial charge in [-0.15, -0.1) is 0 Å². The van der Waals surface area contributed by atoms with Gasteiger partial charge in [0.15, 0.2) is 0 Å². The average molecular weight is 492 g/mol. The summed E-state index contributed by atoms with van der Waals surface area (Å²) in [5.74, 6) is -2.78. The van der Waals surface area contributed by atoms with Crippen LogP contribution in [0.3, 0.4) is 0 Å². The first kappa shape index (κ1) is 23.6. The van der Waals surface area contributed by atoms with E-state index in [1.54, 1.807) is 31.2 Å². The summed E-state index contributed by atoms with van der Waals surface area (Å²) in [6.07, 6.45) is 0.0701. The number of rotatable bonds is 6. The van der Waals surface area contributed by atoms with Gasteiger partial charge >= 0.3 is 5.97 Å². The van der Waals surface area contributed by atoms with Crippen molar-refractivity contribution in [3.63, 3.8) is 0 Å². The van der Waals surface area contributed by atoms with Gasteiger partial charge in [-0.1, -0.05) is 54.4 Å². The number of nitrogens with zero attached hydrogens (tertiary/aromatic N) is 1. The zero-order valence-corrected chi connectivity index (χ0v) is 19.2. The van der Waals surface area contributed by atoms with E-state index in [0.29, 0.717) is 10.0 Å². The molecule has 3 aromatic carbocycles. The zero-order chi connectivity index (χ0) is 23.8. The first-order valence-corrected chi connectivity index (χ1v) is 11.1. The van der Waals surface area contributed by atoms with Crippen LogP contribution in [0.4, 0.5) is 8.78 Å².